The Morgan fingerprint density at radius 1 is 1.19 bits per heavy atom. The van der Waals surface area contributed by atoms with Gasteiger partial charge in [0.25, 0.3) is 0 Å². The third kappa shape index (κ3) is 4.58. The second-order valence-electron chi connectivity index (χ2n) is 4.82. The highest BCUT2D eigenvalue weighted by Crippen LogP contribution is 2.09. The van der Waals surface area contributed by atoms with Crippen molar-refractivity contribution in [2.45, 2.75) is 12.8 Å². The highest BCUT2D eigenvalue weighted by molar-refractivity contribution is 5.91. The molecular formula is C15H17N3O3. The molecule has 1 aliphatic rings. The van der Waals surface area contributed by atoms with Gasteiger partial charge in [0, 0.05) is 18.8 Å². The van der Waals surface area contributed by atoms with Gasteiger partial charge in [-0.15, -0.1) is 0 Å². The van der Waals surface area contributed by atoms with E-state index in [0.717, 1.165) is 25.9 Å². The molecule has 1 saturated heterocycles. The Balaban J connectivity index is 1.69. The fraction of sp³-hybridized carbons (Fsp3) is 0.400. The molecule has 0 radical (unpaired) electrons. The van der Waals surface area contributed by atoms with Crippen molar-refractivity contribution in [3.05, 3.63) is 29.8 Å². The van der Waals surface area contributed by atoms with Crippen molar-refractivity contribution in [3.8, 4) is 6.07 Å². The summed E-state index contributed by atoms with van der Waals surface area (Å²) < 4.78 is 5.13. The summed E-state index contributed by atoms with van der Waals surface area (Å²) in [6.45, 7) is 1.32. The Hall–Kier alpha value is -2.39. The molecular weight excluding hydrogens is 270 g/mol. The van der Waals surface area contributed by atoms with Crippen LogP contribution in [0.1, 0.15) is 18.4 Å². The Labute approximate surface area is 123 Å². The molecule has 0 aliphatic carbocycles. The molecule has 2 rings (SSSR count). The van der Waals surface area contributed by atoms with E-state index in [4.69, 9.17) is 10.00 Å². The Morgan fingerprint density at radius 2 is 1.86 bits per heavy atom. The number of carbonyl (C=O) groups is 2. The van der Waals surface area contributed by atoms with Crippen LogP contribution in [0.3, 0.4) is 0 Å². The fourth-order valence-corrected chi connectivity index (χ4v) is 2.11. The molecule has 6 heteroatoms. The fourth-order valence-electron chi connectivity index (χ4n) is 2.11. The Morgan fingerprint density at radius 3 is 2.48 bits per heavy atom. The van der Waals surface area contributed by atoms with Gasteiger partial charge >= 0.3 is 0 Å². The molecule has 0 unspecified atom stereocenters. The number of rotatable bonds is 5. The van der Waals surface area contributed by atoms with Crippen LogP contribution in [-0.2, 0) is 14.3 Å². The molecule has 0 atom stereocenters. The third-order valence-electron chi connectivity index (χ3n) is 3.22. The minimum Gasteiger partial charge on any atom is -0.362 e. The van der Waals surface area contributed by atoms with Crippen molar-refractivity contribution in [1.29, 1.82) is 5.26 Å². The maximum absolute atomic E-state index is 11.7. The van der Waals surface area contributed by atoms with E-state index in [0.29, 0.717) is 11.3 Å². The largest absolute Gasteiger partial charge is 0.362 e. The zero-order valence-electron chi connectivity index (χ0n) is 11.7. The van der Waals surface area contributed by atoms with Crippen LogP contribution in [0, 0.1) is 11.3 Å². The highest BCUT2D eigenvalue weighted by atomic mass is 16.5. The molecule has 0 spiro atoms. The lowest BCUT2D eigenvalue weighted by Gasteiger charge is -2.14. The average molecular weight is 287 g/mol. The lowest BCUT2D eigenvalue weighted by molar-refractivity contribution is -0.136. The van der Waals surface area contributed by atoms with Crippen molar-refractivity contribution in [2.24, 2.45) is 0 Å². The van der Waals surface area contributed by atoms with E-state index in [-0.39, 0.29) is 25.0 Å². The number of anilines is 1. The lowest BCUT2D eigenvalue weighted by atomic mass is 10.2. The van der Waals surface area contributed by atoms with E-state index in [1.165, 1.54) is 0 Å². The van der Waals surface area contributed by atoms with Gasteiger partial charge in [-0.2, -0.15) is 5.26 Å². The van der Waals surface area contributed by atoms with Gasteiger partial charge in [0.2, 0.25) is 11.8 Å². The third-order valence-corrected chi connectivity index (χ3v) is 3.22. The second kappa shape index (κ2) is 7.41. The van der Waals surface area contributed by atoms with E-state index in [1.54, 1.807) is 29.2 Å². The summed E-state index contributed by atoms with van der Waals surface area (Å²) in [4.78, 5) is 25.1. The number of benzene rings is 1. The summed E-state index contributed by atoms with van der Waals surface area (Å²) in [5.41, 5.74) is 1.12. The number of hydrogen-bond acceptors (Lipinski definition) is 4. The van der Waals surface area contributed by atoms with E-state index < -0.39 is 0 Å². The number of hydrogen-bond donors (Lipinski definition) is 1. The number of nitrogens with one attached hydrogen (secondary N) is 1. The summed E-state index contributed by atoms with van der Waals surface area (Å²) in [5, 5.41) is 11.3. The Bertz CT molecular complexity index is 542. The number of amides is 2. The van der Waals surface area contributed by atoms with Crippen molar-refractivity contribution in [2.75, 3.05) is 31.6 Å². The van der Waals surface area contributed by atoms with E-state index in [1.807, 2.05) is 6.07 Å². The summed E-state index contributed by atoms with van der Waals surface area (Å²) in [6, 6.07) is 8.53. The van der Waals surface area contributed by atoms with Crippen LogP contribution in [-0.4, -0.2) is 43.0 Å². The SMILES string of the molecule is N#Cc1ccc(NC(=O)COCC(=O)N2CCCC2)cc1. The zero-order valence-corrected chi connectivity index (χ0v) is 11.7. The van der Waals surface area contributed by atoms with Crippen LogP contribution in [0.2, 0.25) is 0 Å². The predicted molar refractivity (Wildman–Crippen MR) is 76.4 cm³/mol. The van der Waals surface area contributed by atoms with Crippen LogP contribution >= 0.6 is 0 Å². The molecule has 21 heavy (non-hydrogen) atoms. The monoisotopic (exact) mass is 287 g/mol. The van der Waals surface area contributed by atoms with Crippen molar-refractivity contribution >= 4 is 17.5 Å². The van der Waals surface area contributed by atoms with Crippen LogP contribution in [0.15, 0.2) is 24.3 Å². The molecule has 0 bridgehead atoms. The molecule has 0 aromatic heterocycles. The maximum atomic E-state index is 11.7. The number of ether oxygens (including phenoxy) is 1. The molecule has 1 aliphatic heterocycles. The van der Waals surface area contributed by atoms with Crippen LogP contribution in [0.25, 0.3) is 0 Å². The van der Waals surface area contributed by atoms with Gasteiger partial charge in [0.05, 0.1) is 11.6 Å². The van der Waals surface area contributed by atoms with E-state index >= 15 is 0 Å². The molecule has 110 valence electrons. The smallest absolute Gasteiger partial charge is 0.250 e. The first-order chi connectivity index (χ1) is 10.2. The van der Waals surface area contributed by atoms with E-state index in [2.05, 4.69) is 5.32 Å². The maximum Gasteiger partial charge on any atom is 0.250 e. The highest BCUT2D eigenvalue weighted by Gasteiger charge is 2.17. The van der Waals surface area contributed by atoms with Gasteiger partial charge in [0.1, 0.15) is 13.2 Å². The molecule has 1 N–H and O–H groups in total. The predicted octanol–water partition coefficient (Wildman–Crippen LogP) is 1.14. The van der Waals surface area contributed by atoms with Gasteiger partial charge in [-0.3, -0.25) is 9.59 Å². The summed E-state index contributed by atoms with van der Waals surface area (Å²) in [7, 11) is 0. The molecule has 0 saturated carbocycles. The topological polar surface area (TPSA) is 82.4 Å². The Kier molecular flexibility index (Phi) is 5.29. The minimum absolute atomic E-state index is 0.0687. The first-order valence-corrected chi connectivity index (χ1v) is 6.84. The molecule has 2 amide bonds. The molecule has 6 nitrogen and oxygen atoms in total. The zero-order chi connectivity index (χ0) is 15.1. The van der Waals surface area contributed by atoms with Gasteiger partial charge in [0.15, 0.2) is 0 Å². The number of carbonyl (C=O) groups excluding carboxylic acids is 2. The summed E-state index contributed by atoms with van der Waals surface area (Å²) >= 11 is 0. The number of nitrogens with zero attached hydrogens (tertiary/aromatic N) is 2. The van der Waals surface area contributed by atoms with Gasteiger partial charge < -0.3 is 15.0 Å². The van der Waals surface area contributed by atoms with Crippen molar-refractivity contribution in [3.63, 3.8) is 0 Å². The summed E-state index contributed by atoms with van der Waals surface area (Å²) in [5.74, 6) is -0.396. The minimum atomic E-state index is -0.325. The first kappa shape index (κ1) is 15.0. The van der Waals surface area contributed by atoms with Gasteiger partial charge in [-0.05, 0) is 37.1 Å². The lowest BCUT2D eigenvalue weighted by Crippen LogP contribution is -2.32. The average Bonchev–Trinajstić information content (AvgIpc) is 3.02. The number of nitriles is 1. The van der Waals surface area contributed by atoms with Crippen LogP contribution in [0.5, 0.6) is 0 Å². The van der Waals surface area contributed by atoms with Crippen molar-refractivity contribution in [1.82, 2.24) is 4.90 Å². The second-order valence-corrected chi connectivity index (χ2v) is 4.82. The normalized spacial score (nSPS) is 13.8. The quantitative estimate of drug-likeness (QED) is 0.880. The summed E-state index contributed by atoms with van der Waals surface area (Å²) in [6.07, 6.45) is 2.07. The first-order valence-electron chi connectivity index (χ1n) is 6.84. The molecule has 1 aromatic carbocycles. The van der Waals surface area contributed by atoms with Gasteiger partial charge in [-0.1, -0.05) is 0 Å². The molecule has 1 aromatic rings. The molecule has 1 heterocycles. The molecule has 1 fully saturated rings. The van der Waals surface area contributed by atoms with Crippen molar-refractivity contribution < 1.29 is 14.3 Å². The van der Waals surface area contributed by atoms with Gasteiger partial charge in [-0.25, -0.2) is 0 Å². The van der Waals surface area contributed by atoms with Crippen LogP contribution in [0.4, 0.5) is 5.69 Å². The number of likely N-dealkylation sites (tertiary alicyclic amines) is 1. The standard InChI is InChI=1S/C15H17N3O3/c16-9-12-3-5-13(6-4-12)17-14(19)10-21-11-15(20)18-7-1-2-8-18/h3-6H,1-2,7-8,10-11H2,(H,17,19). The van der Waals surface area contributed by atoms with Crippen LogP contribution < -0.4 is 5.32 Å². The van der Waals surface area contributed by atoms with E-state index in [9.17, 15) is 9.59 Å².